The molecule has 0 rings (SSSR count). The summed E-state index contributed by atoms with van der Waals surface area (Å²) in [5, 5.41) is 9.52. The first-order valence-electron chi connectivity index (χ1n) is 18.3. The van der Waals surface area contributed by atoms with Crippen molar-refractivity contribution in [2.24, 2.45) is 0 Å². The molecule has 0 aromatic carbocycles. The lowest BCUT2D eigenvalue weighted by Crippen LogP contribution is -2.28. The molecule has 5 nitrogen and oxygen atoms in total. The van der Waals surface area contributed by atoms with Crippen molar-refractivity contribution in [2.75, 3.05) is 13.2 Å². The summed E-state index contributed by atoms with van der Waals surface area (Å²) in [6.07, 6.45) is 45.6. The van der Waals surface area contributed by atoms with Gasteiger partial charge in [0.15, 0.2) is 6.10 Å². The third-order valence-electron chi connectivity index (χ3n) is 7.53. The number of esters is 2. The van der Waals surface area contributed by atoms with E-state index in [1.807, 2.05) is 0 Å². The molecule has 0 aliphatic heterocycles. The number of unbranched alkanes of at least 4 members (excludes halogenated alkanes) is 14. The Kier molecular flexibility index (Phi) is 34.1. The average molecular weight is 629 g/mol. The van der Waals surface area contributed by atoms with E-state index < -0.39 is 6.10 Å². The molecule has 0 bridgehead atoms. The van der Waals surface area contributed by atoms with Crippen LogP contribution in [0.5, 0.6) is 0 Å². The molecule has 0 saturated heterocycles. The highest BCUT2D eigenvalue weighted by Crippen LogP contribution is 2.10. The van der Waals surface area contributed by atoms with Crippen LogP contribution in [0, 0.1) is 0 Å². The molecule has 0 aromatic heterocycles. The summed E-state index contributed by atoms with van der Waals surface area (Å²) in [7, 11) is 0. The van der Waals surface area contributed by atoms with E-state index in [1.165, 1.54) is 64.2 Å². The molecular formula is C40H68O5. The minimum Gasteiger partial charge on any atom is -0.462 e. The van der Waals surface area contributed by atoms with Gasteiger partial charge in [-0.1, -0.05) is 126 Å². The van der Waals surface area contributed by atoms with E-state index in [4.69, 9.17) is 9.47 Å². The van der Waals surface area contributed by atoms with Crippen LogP contribution in [0.2, 0.25) is 0 Å². The Morgan fingerprint density at radius 2 is 0.889 bits per heavy atom. The predicted molar refractivity (Wildman–Crippen MR) is 191 cm³/mol. The van der Waals surface area contributed by atoms with E-state index in [1.54, 1.807) is 0 Å². The summed E-state index contributed by atoms with van der Waals surface area (Å²) in [5.41, 5.74) is 0. The Morgan fingerprint density at radius 3 is 1.38 bits per heavy atom. The van der Waals surface area contributed by atoms with E-state index in [0.717, 1.165) is 70.6 Å². The van der Waals surface area contributed by atoms with Gasteiger partial charge in [-0.15, -0.1) is 0 Å². The summed E-state index contributed by atoms with van der Waals surface area (Å²) in [6.45, 7) is 4.03. The molecule has 0 aromatic rings. The van der Waals surface area contributed by atoms with Gasteiger partial charge in [-0.05, 0) is 83.5 Å². The van der Waals surface area contributed by atoms with E-state index in [2.05, 4.69) is 74.6 Å². The SMILES string of the molecule is CCCCC/C=C/C/C=C/C/C=C/C/C=C/CCCCCC(=O)O[C@@H](CO)COC(=O)CCCCCCC/C=C/CCCCC. The molecule has 0 spiro atoms. The van der Waals surface area contributed by atoms with Crippen LogP contribution >= 0.6 is 0 Å². The van der Waals surface area contributed by atoms with Gasteiger partial charge in [0.25, 0.3) is 0 Å². The second-order valence-corrected chi connectivity index (χ2v) is 11.9. The van der Waals surface area contributed by atoms with Gasteiger partial charge in [0.2, 0.25) is 0 Å². The zero-order valence-corrected chi connectivity index (χ0v) is 29.1. The maximum absolute atomic E-state index is 12.1. The molecule has 258 valence electrons. The molecule has 0 aliphatic rings. The van der Waals surface area contributed by atoms with E-state index in [-0.39, 0.29) is 25.2 Å². The first-order valence-corrected chi connectivity index (χ1v) is 18.3. The number of carbonyl (C=O) groups is 2. The highest BCUT2D eigenvalue weighted by atomic mass is 16.6. The van der Waals surface area contributed by atoms with E-state index >= 15 is 0 Å². The van der Waals surface area contributed by atoms with Crippen LogP contribution in [-0.2, 0) is 19.1 Å². The van der Waals surface area contributed by atoms with Crippen molar-refractivity contribution in [3.05, 3.63) is 60.8 Å². The fourth-order valence-corrected chi connectivity index (χ4v) is 4.71. The minimum absolute atomic E-state index is 0.0856. The lowest BCUT2D eigenvalue weighted by Gasteiger charge is -2.15. The smallest absolute Gasteiger partial charge is 0.306 e. The Morgan fingerprint density at radius 1 is 0.511 bits per heavy atom. The molecule has 0 radical (unpaired) electrons. The fraction of sp³-hybridized carbons (Fsp3) is 0.700. The highest BCUT2D eigenvalue weighted by Gasteiger charge is 2.16. The zero-order valence-electron chi connectivity index (χ0n) is 29.1. The van der Waals surface area contributed by atoms with Crippen LogP contribution in [0.15, 0.2) is 60.8 Å². The predicted octanol–water partition coefficient (Wildman–Crippen LogP) is 11.2. The third-order valence-corrected chi connectivity index (χ3v) is 7.53. The van der Waals surface area contributed by atoms with Crippen molar-refractivity contribution >= 4 is 11.9 Å². The Balaban J connectivity index is 3.68. The first kappa shape index (κ1) is 42.6. The van der Waals surface area contributed by atoms with Crippen LogP contribution in [0.1, 0.15) is 162 Å². The highest BCUT2D eigenvalue weighted by molar-refractivity contribution is 5.70. The van der Waals surface area contributed by atoms with Crippen molar-refractivity contribution < 1.29 is 24.2 Å². The maximum Gasteiger partial charge on any atom is 0.306 e. The summed E-state index contributed by atoms with van der Waals surface area (Å²) in [5.74, 6) is -0.644. The monoisotopic (exact) mass is 629 g/mol. The molecule has 0 amide bonds. The van der Waals surface area contributed by atoms with Crippen LogP contribution in [0.25, 0.3) is 0 Å². The molecule has 1 N–H and O–H groups in total. The van der Waals surface area contributed by atoms with Crippen LogP contribution in [-0.4, -0.2) is 36.4 Å². The second kappa shape index (κ2) is 36.1. The number of carbonyl (C=O) groups excluding carboxylic acids is 2. The number of aliphatic hydroxyl groups excluding tert-OH is 1. The van der Waals surface area contributed by atoms with Crippen molar-refractivity contribution in [1.82, 2.24) is 0 Å². The average Bonchev–Trinajstić information content (AvgIpc) is 3.04. The second-order valence-electron chi connectivity index (χ2n) is 11.9. The number of ether oxygens (including phenoxy) is 2. The summed E-state index contributed by atoms with van der Waals surface area (Å²) in [4.78, 5) is 24.2. The number of hydrogen-bond acceptors (Lipinski definition) is 5. The topological polar surface area (TPSA) is 72.8 Å². The number of rotatable bonds is 32. The van der Waals surface area contributed by atoms with Crippen molar-refractivity contribution in [3.8, 4) is 0 Å². The van der Waals surface area contributed by atoms with Gasteiger partial charge in [0.1, 0.15) is 6.61 Å². The van der Waals surface area contributed by atoms with E-state index in [9.17, 15) is 14.7 Å². The van der Waals surface area contributed by atoms with E-state index in [0.29, 0.717) is 12.8 Å². The summed E-state index contributed by atoms with van der Waals surface area (Å²) in [6, 6.07) is 0. The van der Waals surface area contributed by atoms with Crippen molar-refractivity contribution in [2.45, 2.75) is 168 Å². The van der Waals surface area contributed by atoms with Gasteiger partial charge in [0.05, 0.1) is 6.61 Å². The van der Waals surface area contributed by atoms with Crippen molar-refractivity contribution in [3.63, 3.8) is 0 Å². The molecule has 45 heavy (non-hydrogen) atoms. The number of allylic oxidation sites excluding steroid dienone is 10. The van der Waals surface area contributed by atoms with Crippen LogP contribution in [0.3, 0.4) is 0 Å². The maximum atomic E-state index is 12.1. The number of aliphatic hydroxyl groups is 1. The molecule has 1 atom stereocenters. The summed E-state index contributed by atoms with van der Waals surface area (Å²) >= 11 is 0. The van der Waals surface area contributed by atoms with Crippen LogP contribution < -0.4 is 0 Å². The van der Waals surface area contributed by atoms with Gasteiger partial charge in [-0.2, -0.15) is 0 Å². The Labute approximate surface area is 277 Å². The molecule has 0 saturated carbocycles. The van der Waals surface area contributed by atoms with Gasteiger partial charge in [-0.3, -0.25) is 9.59 Å². The van der Waals surface area contributed by atoms with Gasteiger partial charge >= 0.3 is 11.9 Å². The molecule has 0 aliphatic carbocycles. The largest absolute Gasteiger partial charge is 0.462 e. The van der Waals surface area contributed by atoms with Gasteiger partial charge in [-0.25, -0.2) is 0 Å². The molecule has 0 unspecified atom stereocenters. The number of hydrogen-bond donors (Lipinski definition) is 1. The lowest BCUT2D eigenvalue weighted by atomic mass is 10.1. The first-order chi connectivity index (χ1) is 22.1. The standard InChI is InChI=1S/C40H68O5/c1-3-5-7-9-11-13-15-17-18-19-20-21-22-23-25-27-29-31-33-35-40(43)45-38(36-41)37-44-39(42)34-32-30-28-26-24-16-14-12-10-8-6-4-2/h11-14,17-18,20-21,23,25,38,41H,3-10,15-16,19,22,24,26-37H2,1-2H3/b13-11+,14-12+,18-17+,21-20+,25-23+/t38-/m0/s1. The van der Waals surface area contributed by atoms with Gasteiger partial charge in [0, 0.05) is 12.8 Å². The molecular weight excluding hydrogens is 560 g/mol. The Hall–Kier alpha value is -2.40. The minimum atomic E-state index is -0.792. The van der Waals surface area contributed by atoms with Crippen molar-refractivity contribution in [1.29, 1.82) is 0 Å². The molecule has 0 heterocycles. The molecule has 0 fully saturated rings. The third kappa shape index (κ3) is 34.3. The van der Waals surface area contributed by atoms with Crippen LogP contribution in [0.4, 0.5) is 0 Å². The lowest BCUT2D eigenvalue weighted by molar-refractivity contribution is -0.161. The fourth-order valence-electron chi connectivity index (χ4n) is 4.71. The normalized spacial score (nSPS) is 12.9. The Bertz CT molecular complexity index is 808. The molecule has 5 heteroatoms. The quantitative estimate of drug-likeness (QED) is 0.0456. The summed E-state index contributed by atoms with van der Waals surface area (Å²) < 4.78 is 10.5. The zero-order chi connectivity index (χ0) is 32.9. The van der Waals surface area contributed by atoms with Gasteiger partial charge < -0.3 is 14.6 Å².